The first-order chi connectivity index (χ1) is 8.85. The summed E-state index contributed by atoms with van der Waals surface area (Å²) in [6.45, 7) is 0. The Morgan fingerprint density at radius 3 is 2.26 bits per heavy atom. The molecule has 3 nitrogen and oxygen atoms in total. The molecule has 0 atom stereocenters. The highest BCUT2D eigenvalue weighted by Crippen LogP contribution is 2.35. The summed E-state index contributed by atoms with van der Waals surface area (Å²) in [6.07, 6.45) is -4.84. The van der Waals surface area contributed by atoms with E-state index >= 15 is 0 Å². The first-order valence-electron chi connectivity index (χ1n) is 5.30. The molecule has 0 fully saturated rings. The first kappa shape index (κ1) is 13.1. The number of phenolic OH excluding ortho intramolecular Hbond substituents is 1. The molecule has 19 heavy (non-hydrogen) atoms. The third-order valence-corrected chi connectivity index (χ3v) is 2.40. The van der Waals surface area contributed by atoms with E-state index in [1.54, 1.807) is 24.3 Å². The molecule has 2 aromatic carbocycles. The lowest BCUT2D eigenvalue weighted by molar-refractivity contribution is -0.275. The van der Waals surface area contributed by atoms with Gasteiger partial charge in [0.2, 0.25) is 0 Å². The largest absolute Gasteiger partial charge is 0.573 e. The summed E-state index contributed by atoms with van der Waals surface area (Å²) < 4.78 is 39.8. The van der Waals surface area contributed by atoms with E-state index < -0.39 is 17.9 Å². The molecule has 0 aliphatic carbocycles. The second-order valence-electron chi connectivity index (χ2n) is 3.86. The normalized spacial score (nSPS) is 11.3. The van der Waals surface area contributed by atoms with Gasteiger partial charge in [-0.15, -0.1) is 13.2 Å². The van der Waals surface area contributed by atoms with E-state index in [4.69, 9.17) is 5.73 Å². The highest BCUT2D eigenvalue weighted by molar-refractivity contribution is 5.69. The molecule has 0 unspecified atom stereocenters. The number of phenols is 1. The van der Waals surface area contributed by atoms with Crippen LogP contribution < -0.4 is 10.5 Å². The predicted molar refractivity (Wildman–Crippen MR) is 64.6 cm³/mol. The van der Waals surface area contributed by atoms with Crippen LogP contribution in [-0.2, 0) is 0 Å². The SMILES string of the molecule is Nc1cccc(-c2ccc(OC(F)(F)F)c(O)c2)c1. The molecule has 6 heteroatoms. The van der Waals surface area contributed by atoms with Gasteiger partial charge in [0.25, 0.3) is 0 Å². The zero-order valence-corrected chi connectivity index (χ0v) is 9.61. The van der Waals surface area contributed by atoms with Crippen LogP contribution in [0, 0.1) is 0 Å². The van der Waals surface area contributed by atoms with E-state index in [9.17, 15) is 18.3 Å². The Labute approximate surface area is 107 Å². The molecule has 0 saturated carbocycles. The highest BCUT2D eigenvalue weighted by atomic mass is 19.4. The number of benzene rings is 2. The Hall–Kier alpha value is -2.37. The quantitative estimate of drug-likeness (QED) is 0.820. The summed E-state index contributed by atoms with van der Waals surface area (Å²) in [5.74, 6) is -1.22. The van der Waals surface area contributed by atoms with Crippen molar-refractivity contribution in [2.24, 2.45) is 0 Å². The van der Waals surface area contributed by atoms with Crippen LogP contribution in [-0.4, -0.2) is 11.5 Å². The van der Waals surface area contributed by atoms with Gasteiger partial charge in [-0.3, -0.25) is 0 Å². The van der Waals surface area contributed by atoms with Crippen LogP contribution in [0.2, 0.25) is 0 Å². The third kappa shape index (κ3) is 3.31. The average Bonchev–Trinajstić information content (AvgIpc) is 2.30. The molecule has 0 saturated heterocycles. The van der Waals surface area contributed by atoms with Gasteiger partial charge >= 0.3 is 6.36 Å². The van der Waals surface area contributed by atoms with Crippen molar-refractivity contribution in [3.8, 4) is 22.6 Å². The van der Waals surface area contributed by atoms with Crippen LogP contribution in [0.25, 0.3) is 11.1 Å². The third-order valence-electron chi connectivity index (χ3n) is 2.40. The summed E-state index contributed by atoms with van der Waals surface area (Å²) in [7, 11) is 0. The summed E-state index contributed by atoms with van der Waals surface area (Å²) in [6, 6.07) is 10.4. The van der Waals surface area contributed by atoms with Crippen molar-refractivity contribution in [1.82, 2.24) is 0 Å². The second-order valence-corrected chi connectivity index (χ2v) is 3.86. The molecule has 0 aliphatic rings. The fourth-order valence-corrected chi connectivity index (χ4v) is 1.63. The lowest BCUT2D eigenvalue weighted by Gasteiger charge is -2.11. The van der Waals surface area contributed by atoms with Gasteiger partial charge in [-0.25, -0.2) is 0 Å². The van der Waals surface area contributed by atoms with Gasteiger partial charge in [-0.05, 0) is 35.4 Å². The number of ether oxygens (including phenoxy) is 1. The fourth-order valence-electron chi connectivity index (χ4n) is 1.63. The molecule has 0 bridgehead atoms. The maximum absolute atomic E-state index is 12.0. The number of nitrogen functional groups attached to an aromatic ring is 1. The van der Waals surface area contributed by atoms with Crippen molar-refractivity contribution in [2.75, 3.05) is 5.73 Å². The highest BCUT2D eigenvalue weighted by Gasteiger charge is 2.32. The fraction of sp³-hybridized carbons (Fsp3) is 0.0769. The molecule has 0 aromatic heterocycles. The van der Waals surface area contributed by atoms with Crippen LogP contribution in [0.4, 0.5) is 18.9 Å². The van der Waals surface area contributed by atoms with Crippen LogP contribution in [0.15, 0.2) is 42.5 Å². The van der Waals surface area contributed by atoms with Gasteiger partial charge in [-0.1, -0.05) is 18.2 Å². The number of aromatic hydroxyl groups is 1. The zero-order valence-electron chi connectivity index (χ0n) is 9.61. The van der Waals surface area contributed by atoms with E-state index in [1.165, 1.54) is 12.1 Å². The van der Waals surface area contributed by atoms with E-state index in [0.717, 1.165) is 6.07 Å². The molecular weight excluding hydrogens is 259 g/mol. The number of hydrogen-bond donors (Lipinski definition) is 2. The van der Waals surface area contributed by atoms with E-state index in [2.05, 4.69) is 4.74 Å². The van der Waals surface area contributed by atoms with Crippen LogP contribution >= 0.6 is 0 Å². The lowest BCUT2D eigenvalue weighted by atomic mass is 10.0. The van der Waals surface area contributed by atoms with Crippen molar-refractivity contribution in [2.45, 2.75) is 6.36 Å². The number of nitrogens with two attached hydrogens (primary N) is 1. The minimum Gasteiger partial charge on any atom is -0.504 e. The van der Waals surface area contributed by atoms with Gasteiger partial charge < -0.3 is 15.6 Å². The molecule has 0 amide bonds. The van der Waals surface area contributed by atoms with Gasteiger partial charge in [-0.2, -0.15) is 0 Å². The summed E-state index contributed by atoms with van der Waals surface area (Å²) in [4.78, 5) is 0. The van der Waals surface area contributed by atoms with E-state index in [-0.39, 0.29) is 0 Å². The van der Waals surface area contributed by atoms with E-state index in [1.807, 2.05) is 0 Å². The summed E-state index contributed by atoms with van der Waals surface area (Å²) in [5.41, 5.74) is 7.36. The minimum absolute atomic E-state index is 0.521. The van der Waals surface area contributed by atoms with Crippen molar-refractivity contribution in [3.63, 3.8) is 0 Å². The topological polar surface area (TPSA) is 55.5 Å². The van der Waals surface area contributed by atoms with Crippen molar-refractivity contribution < 1.29 is 23.0 Å². The molecule has 3 N–H and O–H groups in total. The predicted octanol–water partition coefficient (Wildman–Crippen LogP) is 3.54. The Morgan fingerprint density at radius 2 is 1.68 bits per heavy atom. The molecule has 0 aliphatic heterocycles. The maximum atomic E-state index is 12.0. The number of rotatable bonds is 2. The molecule has 0 radical (unpaired) electrons. The van der Waals surface area contributed by atoms with E-state index in [0.29, 0.717) is 16.8 Å². The number of hydrogen-bond acceptors (Lipinski definition) is 3. The summed E-state index contributed by atoms with van der Waals surface area (Å²) >= 11 is 0. The number of halogens is 3. The minimum atomic E-state index is -4.84. The van der Waals surface area contributed by atoms with Crippen molar-refractivity contribution >= 4 is 5.69 Å². The summed E-state index contributed by atoms with van der Waals surface area (Å²) in [5, 5.41) is 9.53. The standard InChI is InChI=1S/C13H10F3NO2/c14-13(15,16)19-12-5-4-9(7-11(12)18)8-2-1-3-10(17)6-8/h1-7,18H,17H2. The number of anilines is 1. The molecular formula is C13H10F3NO2. The van der Waals surface area contributed by atoms with Crippen LogP contribution in [0.5, 0.6) is 11.5 Å². The van der Waals surface area contributed by atoms with Gasteiger partial charge in [0.1, 0.15) is 0 Å². The first-order valence-corrected chi connectivity index (χ1v) is 5.30. The van der Waals surface area contributed by atoms with Crippen LogP contribution in [0.3, 0.4) is 0 Å². The molecule has 100 valence electrons. The smallest absolute Gasteiger partial charge is 0.504 e. The molecule has 0 heterocycles. The van der Waals surface area contributed by atoms with Crippen molar-refractivity contribution in [1.29, 1.82) is 0 Å². The molecule has 2 aromatic rings. The second kappa shape index (κ2) is 4.72. The Kier molecular flexibility index (Phi) is 3.25. The maximum Gasteiger partial charge on any atom is 0.573 e. The Morgan fingerprint density at radius 1 is 1.00 bits per heavy atom. The van der Waals surface area contributed by atoms with Gasteiger partial charge in [0.05, 0.1) is 0 Å². The number of alkyl halides is 3. The van der Waals surface area contributed by atoms with Gasteiger partial charge in [0, 0.05) is 5.69 Å². The van der Waals surface area contributed by atoms with Crippen molar-refractivity contribution in [3.05, 3.63) is 42.5 Å². The van der Waals surface area contributed by atoms with Gasteiger partial charge in [0.15, 0.2) is 11.5 Å². The lowest BCUT2D eigenvalue weighted by Crippen LogP contribution is -2.17. The molecule has 2 rings (SSSR count). The molecule has 0 spiro atoms. The zero-order chi connectivity index (χ0) is 14.0. The average molecular weight is 269 g/mol. The van der Waals surface area contributed by atoms with Crippen LogP contribution in [0.1, 0.15) is 0 Å². The Bertz CT molecular complexity index is 597. The Balaban J connectivity index is 2.34. The monoisotopic (exact) mass is 269 g/mol.